The molecule has 0 radical (unpaired) electrons. The first-order valence-corrected chi connectivity index (χ1v) is 9.93. The summed E-state index contributed by atoms with van der Waals surface area (Å²) in [6, 6.07) is 27.1. The summed E-state index contributed by atoms with van der Waals surface area (Å²) in [4.78, 5) is 0. The third-order valence-electron chi connectivity index (χ3n) is 4.52. The molecule has 0 aliphatic heterocycles. The van der Waals surface area contributed by atoms with Gasteiger partial charge in [-0.1, -0.05) is 55.1 Å². The Labute approximate surface area is 173 Å². The van der Waals surface area contributed by atoms with Crippen LogP contribution in [0.2, 0.25) is 0 Å². The maximum atomic E-state index is 4.26. The molecule has 0 bridgehead atoms. The van der Waals surface area contributed by atoms with Crippen molar-refractivity contribution < 1.29 is 0 Å². The molecule has 0 saturated carbocycles. The van der Waals surface area contributed by atoms with Crippen LogP contribution in [0.25, 0.3) is 11.1 Å². The number of para-hydroxylation sites is 1. The molecular formula is C25H28N4. The van der Waals surface area contributed by atoms with Gasteiger partial charge in [0.25, 0.3) is 0 Å². The second-order valence-electron chi connectivity index (χ2n) is 6.62. The van der Waals surface area contributed by atoms with Crippen molar-refractivity contribution in [2.75, 3.05) is 23.7 Å². The lowest BCUT2D eigenvalue weighted by atomic mass is 10.0. The van der Waals surface area contributed by atoms with Crippen LogP contribution in [0.4, 0.5) is 17.1 Å². The Hall–Kier alpha value is -3.53. The van der Waals surface area contributed by atoms with E-state index in [0.29, 0.717) is 0 Å². The zero-order chi connectivity index (χ0) is 20.3. The highest BCUT2D eigenvalue weighted by Gasteiger charge is 2.07. The topological polar surface area (TPSA) is 39.7 Å². The van der Waals surface area contributed by atoms with Crippen LogP contribution in [-0.4, -0.2) is 24.3 Å². The maximum absolute atomic E-state index is 4.26. The molecule has 0 heterocycles. The van der Waals surface area contributed by atoms with Gasteiger partial charge in [-0.05, 0) is 49.2 Å². The first kappa shape index (κ1) is 20.2. The number of nitrogens with zero attached hydrogens (tertiary/aromatic N) is 2. The number of benzene rings is 3. The summed E-state index contributed by atoms with van der Waals surface area (Å²) < 4.78 is 0. The van der Waals surface area contributed by atoms with Gasteiger partial charge in [0.2, 0.25) is 0 Å². The quantitative estimate of drug-likeness (QED) is 0.243. The van der Waals surface area contributed by atoms with E-state index in [4.69, 9.17) is 0 Å². The average Bonchev–Trinajstić information content (AvgIpc) is 2.78. The second-order valence-corrected chi connectivity index (χ2v) is 6.62. The van der Waals surface area contributed by atoms with E-state index in [-0.39, 0.29) is 0 Å². The largest absolute Gasteiger partial charge is 0.384 e. The molecule has 0 amide bonds. The smallest absolute Gasteiger partial charge is 0.0425 e. The van der Waals surface area contributed by atoms with Gasteiger partial charge < -0.3 is 10.6 Å². The predicted octanol–water partition coefficient (Wildman–Crippen LogP) is 6.35. The van der Waals surface area contributed by atoms with E-state index < -0.39 is 0 Å². The van der Waals surface area contributed by atoms with Crippen molar-refractivity contribution >= 4 is 23.3 Å². The third-order valence-corrected chi connectivity index (χ3v) is 4.52. The van der Waals surface area contributed by atoms with Gasteiger partial charge in [-0.15, -0.1) is 0 Å². The fourth-order valence-electron chi connectivity index (χ4n) is 3.13. The standard InChI is InChI=1S/C25H28N4/c1-3-27-29(4-2)19-11-18-26-25-17-16-23(28-22-14-9-6-10-15-22)20-24(25)21-12-7-5-8-13-21/h3-10,12-17,20,26,28H,2,11,18-19H2,1H3/b27-3-. The first-order valence-electron chi connectivity index (χ1n) is 9.93. The number of rotatable bonds is 10. The van der Waals surface area contributed by atoms with Gasteiger partial charge in [-0.2, -0.15) is 5.10 Å². The molecule has 4 nitrogen and oxygen atoms in total. The Morgan fingerprint density at radius 2 is 1.66 bits per heavy atom. The van der Waals surface area contributed by atoms with E-state index >= 15 is 0 Å². The van der Waals surface area contributed by atoms with E-state index in [2.05, 4.69) is 76.9 Å². The van der Waals surface area contributed by atoms with Crippen LogP contribution < -0.4 is 10.6 Å². The Bertz CT molecular complexity index is 920. The van der Waals surface area contributed by atoms with Gasteiger partial charge in [0.15, 0.2) is 0 Å². The average molecular weight is 385 g/mol. The molecule has 0 fully saturated rings. The molecule has 3 aromatic carbocycles. The van der Waals surface area contributed by atoms with Crippen molar-refractivity contribution in [1.29, 1.82) is 0 Å². The molecule has 3 aromatic rings. The van der Waals surface area contributed by atoms with Gasteiger partial charge in [0.1, 0.15) is 0 Å². The Kier molecular flexibility index (Phi) is 7.47. The summed E-state index contributed by atoms with van der Waals surface area (Å²) >= 11 is 0. The maximum Gasteiger partial charge on any atom is 0.0425 e. The number of hydrazone groups is 1. The zero-order valence-electron chi connectivity index (χ0n) is 16.9. The summed E-state index contributed by atoms with van der Waals surface area (Å²) in [5.41, 5.74) is 5.64. The number of hydrogen-bond donors (Lipinski definition) is 2. The molecule has 0 aliphatic rings. The molecular weight excluding hydrogens is 356 g/mol. The lowest BCUT2D eigenvalue weighted by Crippen LogP contribution is -2.15. The van der Waals surface area contributed by atoms with Crippen LogP contribution in [-0.2, 0) is 0 Å². The molecule has 3 rings (SSSR count). The van der Waals surface area contributed by atoms with E-state index in [0.717, 1.165) is 36.6 Å². The molecule has 0 unspecified atom stereocenters. The normalized spacial score (nSPS) is 10.7. The highest BCUT2D eigenvalue weighted by Crippen LogP contribution is 2.32. The van der Waals surface area contributed by atoms with Crippen LogP contribution in [0.3, 0.4) is 0 Å². The van der Waals surface area contributed by atoms with Gasteiger partial charge in [-0.25, -0.2) is 0 Å². The minimum absolute atomic E-state index is 0.829. The SMILES string of the molecule is C=CN(CCCNc1ccc(Nc2ccccc2)cc1-c1ccccc1)/N=C\C. The molecule has 4 heteroatoms. The first-order chi connectivity index (χ1) is 14.3. The summed E-state index contributed by atoms with van der Waals surface area (Å²) in [5, 5.41) is 13.2. The number of anilines is 3. The van der Waals surface area contributed by atoms with E-state index in [1.54, 1.807) is 12.4 Å². The van der Waals surface area contributed by atoms with Crippen molar-refractivity contribution in [3.63, 3.8) is 0 Å². The van der Waals surface area contributed by atoms with Crippen LogP contribution in [0, 0.1) is 0 Å². The van der Waals surface area contributed by atoms with Crippen molar-refractivity contribution in [2.45, 2.75) is 13.3 Å². The van der Waals surface area contributed by atoms with Crippen molar-refractivity contribution in [3.05, 3.63) is 91.6 Å². The Balaban J connectivity index is 1.74. The van der Waals surface area contributed by atoms with E-state index in [1.807, 2.05) is 36.2 Å². The van der Waals surface area contributed by atoms with Crippen LogP contribution >= 0.6 is 0 Å². The predicted molar refractivity (Wildman–Crippen MR) is 126 cm³/mol. The summed E-state index contributed by atoms with van der Waals surface area (Å²) in [6.45, 7) is 7.39. The fraction of sp³-hybridized carbons (Fsp3) is 0.160. The fourth-order valence-corrected chi connectivity index (χ4v) is 3.13. The van der Waals surface area contributed by atoms with Crippen LogP contribution in [0.5, 0.6) is 0 Å². The lowest BCUT2D eigenvalue weighted by Gasteiger charge is -2.17. The third kappa shape index (κ3) is 5.98. The molecule has 0 aromatic heterocycles. The summed E-state index contributed by atoms with van der Waals surface area (Å²) in [5.74, 6) is 0. The van der Waals surface area contributed by atoms with Gasteiger partial charge in [-0.3, -0.25) is 5.01 Å². The highest BCUT2D eigenvalue weighted by atomic mass is 15.4. The number of hydrogen-bond acceptors (Lipinski definition) is 4. The van der Waals surface area contributed by atoms with Gasteiger partial charge >= 0.3 is 0 Å². The molecule has 29 heavy (non-hydrogen) atoms. The Morgan fingerprint density at radius 3 is 2.34 bits per heavy atom. The van der Waals surface area contributed by atoms with Gasteiger partial charge in [0, 0.05) is 48.1 Å². The number of nitrogens with one attached hydrogen (secondary N) is 2. The van der Waals surface area contributed by atoms with E-state index in [9.17, 15) is 0 Å². The minimum atomic E-state index is 0.829. The summed E-state index contributed by atoms with van der Waals surface area (Å²) in [6.07, 6.45) is 4.49. The Morgan fingerprint density at radius 1 is 0.931 bits per heavy atom. The molecule has 0 saturated heterocycles. The molecule has 0 spiro atoms. The van der Waals surface area contributed by atoms with Crippen molar-refractivity contribution in [2.24, 2.45) is 5.10 Å². The van der Waals surface area contributed by atoms with E-state index in [1.165, 1.54) is 11.1 Å². The molecule has 2 N–H and O–H groups in total. The zero-order valence-corrected chi connectivity index (χ0v) is 16.9. The monoisotopic (exact) mass is 384 g/mol. The van der Waals surface area contributed by atoms with Crippen molar-refractivity contribution in [1.82, 2.24) is 5.01 Å². The highest BCUT2D eigenvalue weighted by molar-refractivity contribution is 5.82. The molecule has 148 valence electrons. The molecule has 0 atom stereocenters. The van der Waals surface area contributed by atoms with Crippen LogP contribution in [0.15, 0.2) is 96.7 Å². The van der Waals surface area contributed by atoms with Crippen LogP contribution in [0.1, 0.15) is 13.3 Å². The van der Waals surface area contributed by atoms with Gasteiger partial charge in [0.05, 0.1) is 0 Å². The lowest BCUT2D eigenvalue weighted by molar-refractivity contribution is 0.398. The van der Waals surface area contributed by atoms with Crippen molar-refractivity contribution in [3.8, 4) is 11.1 Å². The molecule has 0 aliphatic carbocycles. The summed E-state index contributed by atoms with van der Waals surface area (Å²) in [7, 11) is 0. The minimum Gasteiger partial charge on any atom is -0.384 e. The second kappa shape index (κ2) is 10.7.